The number of aromatic nitrogens is 1. The SMILES string of the molecule is CN1CCC(C(=O)Nc2ccc(C(F)(F)F)[nH]c2=O)S1(=O)=O. The van der Waals surface area contributed by atoms with Gasteiger partial charge in [-0.25, -0.2) is 12.7 Å². The molecule has 22 heavy (non-hydrogen) atoms. The number of rotatable bonds is 2. The Morgan fingerprint density at radius 3 is 2.50 bits per heavy atom. The zero-order chi connectivity index (χ0) is 16.7. The Labute approximate surface area is 123 Å². The summed E-state index contributed by atoms with van der Waals surface area (Å²) in [7, 11) is -2.49. The van der Waals surface area contributed by atoms with Crippen molar-refractivity contribution >= 4 is 21.6 Å². The van der Waals surface area contributed by atoms with Gasteiger partial charge in [0, 0.05) is 13.6 Å². The summed E-state index contributed by atoms with van der Waals surface area (Å²) >= 11 is 0. The number of halogens is 3. The lowest BCUT2D eigenvalue weighted by molar-refractivity contribution is -0.141. The maximum absolute atomic E-state index is 12.4. The van der Waals surface area contributed by atoms with Crippen molar-refractivity contribution in [1.82, 2.24) is 9.29 Å². The topological polar surface area (TPSA) is 99.3 Å². The second-order valence-corrected chi connectivity index (χ2v) is 6.97. The third kappa shape index (κ3) is 2.99. The molecule has 1 aliphatic heterocycles. The van der Waals surface area contributed by atoms with Gasteiger partial charge in [-0.2, -0.15) is 13.2 Å². The fraction of sp³-hybridized carbons (Fsp3) is 0.455. The highest BCUT2D eigenvalue weighted by molar-refractivity contribution is 7.90. The third-order valence-corrected chi connectivity index (χ3v) is 5.49. The maximum atomic E-state index is 12.4. The van der Waals surface area contributed by atoms with E-state index in [-0.39, 0.29) is 13.0 Å². The molecule has 1 saturated heterocycles. The third-order valence-electron chi connectivity index (χ3n) is 3.27. The van der Waals surface area contributed by atoms with Gasteiger partial charge in [0.25, 0.3) is 5.56 Å². The van der Waals surface area contributed by atoms with Crippen LogP contribution in [-0.2, 0) is 21.0 Å². The number of hydrogen-bond acceptors (Lipinski definition) is 4. The number of alkyl halides is 3. The van der Waals surface area contributed by atoms with Gasteiger partial charge in [0.1, 0.15) is 11.4 Å². The Bertz CT molecular complexity index is 757. The number of anilines is 1. The summed E-state index contributed by atoms with van der Waals surface area (Å²) in [5.74, 6) is -0.949. The van der Waals surface area contributed by atoms with Gasteiger partial charge in [0.05, 0.1) is 0 Å². The molecule has 1 fully saturated rings. The predicted molar refractivity (Wildman–Crippen MR) is 70.6 cm³/mol. The quantitative estimate of drug-likeness (QED) is 0.813. The Morgan fingerprint density at radius 2 is 2.05 bits per heavy atom. The number of pyridine rings is 1. The molecule has 1 aromatic heterocycles. The first-order valence-corrected chi connectivity index (χ1v) is 7.60. The highest BCUT2D eigenvalue weighted by Gasteiger charge is 2.41. The molecule has 0 radical (unpaired) electrons. The number of nitrogens with one attached hydrogen (secondary N) is 2. The van der Waals surface area contributed by atoms with E-state index in [9.17, 15) is 31.2 Å². The van der Waals surface area contributed by atoms with Gasteiger partial charge in [0.15, 0.2) is 5.25 Å². The van der Waals surface area contributed by atoms with Gasteiger partial charge in [-0.05, 0) is 18.6 Å². The fourth-order valence-electron chi connectivity index (χ4n) is 2.01. The van der Waals surface area contributed by atoms with Crippen LogP contribution in [0.25, 0.3) is 0 Å². The Hall–Kier alpha value is -1.88. The van der Waals surface area contributed by atoms with Crippen molar-refractivity contribution in [2.75, 3.05) is 18.9 Å². The summed E-state index contributed by atoms with van der Waals surface area (Å²) in [6.07, 6.45) is -4.68. The lowest BCUT2D eigenvalue weighted by Gasteiger charge is -2.12. The first-order chi connectivity index (χ1) is 10.0. The molecule has 0 spiro atoms. The van der Waals surface area contributed by atoms with Gasteiger partial charge in [-0.1, -0.05) is 0 Å². The number of hydrogen-bond donors (Lipinski definition) is 2. The predicted octanol–water partition coefficient (Wildman–Crippen LogP) is 0.366. The molecule has 0 bridgehead atoms. The lowest BCUT2D eigenvalue weighted by atomic mass is 10.2. The monoisotopic (exact) mass is 339 g/mol. The van der Waals surface area contributed by atoms with Crippen molar-refractivity contribution in [3.63, 3.8) is 0 Å². The van der Waals surface area contributed by atoms with E-state index in [1.807, 2.05) is 0 Å². The van der Waals surface area contributed by atoms with Gasteiger partial charge in [-0.15, -0.1) is 0 Å². The molecule has 122 valence electrons. The van der Waals surface area contributed by atoms with Gasteiger partial charge >= 0.3 is 6.18 Å². The zero-order valence-corrected chi connectivity index (χ0v) is 12.1. The average Bonchev–Trinajstić information content (AvgIpc) is 2.65. The van der Waals surface area contributed by atoms with Gasteiger partial charge < -0.3 is 10.3 Å². The normalized spacial score (nSPS) is 21.7. The second kappa shape index (κ2) is 5.39. The lowest BCUT2D eigenvalue weighted by Crippen LogP contribution is -2.36. The number of amides is 1. The molecule has 1 aliphatic rings. The molecule has 1 amide bonds. The van der Waals surface area contributed by atoms with Crippen LogP contribution in [0.2, 0.25) is 0 Å². The molecule has 11 heteroatoms. The minimum atomic E-state index is -4.72. The summed E-state index contributed by atoms with van der Waals surface area (Å²) in [5, 5.41) is 0.689. The van der Waals surface area contributed by atoms with Crippen LogP contribution in [0.5, 0.6) is 0 Å². The summed E-state index contributed by atoms with van der Waals surface area (Å²) in [6, 6.07) is 1.37. The maximum Gasteiger partial charge on any atom is 0.431 e. The zero-order valence-electron chi connectivity index (χ0n) is 11.3. The second-order valence-electron chi connectivity index (χ2n) is 4.75. The van der Waals surface area contributed by atoms with Crippen LogP contribution in [0.1, 0.15) is 12.1 Å². The van der Waals surface area contributed by atoms with E-state index in [1.54, 1.807) is 4.98 Å². The van der Waals surface area contributed by atoms with Crippen molar-refractivity contribution in [1.29, 1.82) is 0 Å². The van der Waals surface area contributed by atoms with Crippen molar-refractivity contribution in [2.24, 2.45) is 0 Å². The van der Waals surface area contributed by atoms with E-state index in [0.29, 0.717) is 6.07 Å². The molecule has 0 aliphatic carbocycles. The molecule has 2 heterocycles. The molecular formula is C11H12F3N3O4S. The number of H-pyrrole nitrogens is 1. The number of carbonyl (C=O) groups is 1. The average molecular weight is 339 g/mol. The molecule has 0 saturated carbocycles. The van der Waals surface area contributed by atoms with E-state index in [4.69, 9.17) is 0 Å². The molecule has 2 rings (SSSR count). The smallest absolute Gasteiger partial charge is 0.320 e. The van der Waals surface area contributed by atoms with E-state index in [0.717, 1.165) is 10.4 Å². The van der Waals surface area contributed by atoms with Crippen LogP contribution in [0.3, 0.4) is 0 Å². The number of sulfonamides is 1. The molecule has 7 nitrogen and oxygen atoms in total. The Morgan fingerprint density at radius 1 is 1.41 bits per heavy atom. The van der Waals surface area contributed by atoms with Gasteiger partial charge in [0.2, 0.25) is 15.9 Å². The highest BCUT2D eigenvalue weighted by atomic mass is 32.2. The molecule has 2 N–H and O–H groups in total. The molecule has 1 unspecified atom stereocenters. The van der Waals surface area contributed by atoms with Crippen LogP contribution >= 0.6 is 0 Å². The van der Waals surface area contributed by atoms with E-state index in [1.165, 1.54) is 7.05 Å². The first kappa shape index (κ1) is 16.5. The summed E-state index contributed by atoms with van der Waals surface area (Å²) in [6.45, 7) is 0.157. The number of carbonyl (C=O) groups excluding carboxylic acids is 1. The van der Waals surface area contributed by atoms with E-state index in [2.05, 4.69) is 5.32 Å². The minimum Gasteiger partial charge on any atom is -0.320 e. The molecule has 0 aromatic carbocycles. The molecule has 1 atom stereocenters. The van der Waals surface area contributed by atoms with E-state index >= 15 is 0 Å². The largest absolute Gasteiger partial charge is 0.431 e. The van der Waals surface area contributed by atoms with Crippen LogP contribution in [-0.4, -0.2) is 42.5 Å². The van der Waals surface area contributed by atoms with Crippen LogP contribution in [0.4, 0.5) is 18.9 Å². The number of aromatic amines is 1. The van der Waals surface area contributed by atoms with Crippen molar-refractivity contribution in [3.05, 3.63) is 28.2 Å². The standard InChI is InChI=1S/C11H12F3N3O4S/c1-17-5-4-7(22(17,20)21)10(19)15-6-2-3-8(11(12,13)14)16-9(6)18/h2-3,7H,4-5H2,1H3,(H,15,19)(H,16,18). The van der Waals surface area contributed by atoms with Crippen LogP contribution in [0.15, 0.2) is 16.9 Å². The van der Waals surface area contributed by atoms with Gasteiger partial charge in [-0.3, -0.25) is 9.59 Å². The van der Waals surface area contributed by atoms with Crippen LogP contribution < -0.4 is 10.9 Å². The van der Waals surface area contributed by atoms with E-state index < -0.39 is 44.3 Å². The van der Waals surface area contributed by atoms with Crippen molar-refractivity contribution in [3.8, 4) is 0 Å². The Kier molecular flexibility index (Phi) is 4.04. The molecular weight excluding hydrogens is 327 g/mol. The summed E-state index contributed by atoms with van der Waals surface area (Å²) in [5.41, 5.74) is -2.86. The fourth-order valence-corrected chi connectivity index (χ4v) is 3.54. The van der Waals surface area contributed by atoms with Crippen LogP contribution in [0, 0.1) is 0 Å². The Balaban J connectivity index is 2.22. The minimum absolute atomic E-state index is 0.0448. The summed E-state index contributed by atoms with van der Waals surface area (Å²) in [4.78, 5) is 25.0. The highest BCUT2D eigenvalue weighted by Crippen LogP contribution is 2.27. The summed E-state index contributed by atoms with van der Waals surface area (Å²) < 4.78 is 61.9. The van der Waals surface area contributed by atoms with Crippen molar-refractivity contribution in [2.45, 2.75) is 17.8 Å². The first-order valence-electron chi connectivity index (χ1n) is 6.10. The molecule has 1 aromatic rings. The number of nitrogens with zero attached hydrogens (tertiary/aromatic N) is 1. The van der Waals surface area contributed by atoms with Crippen molar-refractivity contribution < 1.29 is 26.4 Å².